The zero-order chi connectivity index (χ0) is 29.9. The minimum Gasteiger partial charge on any atom is -0.392 e. The van der Waals surface area contributed by atoms with Crippen LogP contribution in [0.15, 0.2) is 36.4 Å². The van der Waals surface area contributed by atoms with Gasteiger partial charge in [-0.3, -0.25) is 19.4 Å². The predicted molar refractivity (Wildman–Crippen MR) is 162 cm³/mol. The van der Waals surface area contributed by atoms with Gasteiger partial charge in [-0.15, -0.1) is 0 Å². The highest BCUT2D eigenvalue weighted by Crippen LogP contribution is 2.33. The summed E-state index contributed by atoms with van der Waals surface area (Å²) in [6.45, 7) is 8.46. The molecule has 0 bridgehead atoms. The fraction of sp³-hybridized carbons (Fsp3) is 0.533. The van der Waals surface area contributed by atoms with Gasteiger partial charge in [0.25, 0.3) is 0 Å². The Hall–Kier alpha value is -1.91. The monoisotopic (exact) mass is 624 g/mol. The van der Waals surface area contributed by atoms with Crippen LogP contribution >= 0.6 is 34.8 Å². The number of carbonyl (C=O) groups excluding carboxylic acids is 2. The molecule has 0 saturated carbocycles. The van der Waals surface area contributed by atoms with Gasteiger partial charge in [0.05, 0.1) is 28.3 Å². The maximum Gasteiger partial charge on any atom is 0.239 e. The highest BCUT2D eigenvalue weighted by atomic mass is 35.5. The maximum atomic E-state index is 13.3. The summed E-state index contributed by atoms with van der Waals surface area (Å²) in [5.41, 5.74) is 2.39. The van der Waals surface area contributed by atoms with Crippen molar-refractivity contribution in [1.82, 2.24) is 20.4 Å². The molecule has 4 atom stereocenters. The predicted octanol–water partition coefficient (Wildman–Crippen LogP) is 3.96. The molecule has 2 aromatic rings. The molecule has 2 amide bonds. The van der Waals surface area contributed by atoms with Crippen molar-refractivity contribution in [2.24, 2.45) is 0 Å². The van der Waals surface area contributed by atoms with Crippen molar-refractivity contribution in [3.8, 4) is 0 Å². The van der Waals surface area contributed by atoms with Gasteiger partial charge in [0.2, 0.25) is 11.8 Å². The summed E-state index contributed by atoms with van der Waals surface area (Å²) in [5.74, 6) is -0.358. The van der Waals surface area contributed by atoms with Crippen LogP contribution in [0.4, 0.5) is 0 Å². The summed E-state index contributed by atoms with van der Waals surface area (Å²) in [6, 6.07) is 9.96. The Morgan fingerprint density at radius 3 is 2.54 bits per heavy atom. The van der Waals surface area contributed by atoms with Crippen molar-refractivity contribution in [2.75, 3.05) is 26.2 Å². The lowest BCUT2D eigenvalue weighted by molar-refractivity contribution is -0.131. The highest BCUT2D eigenvalue weighted by molar-refractivity contribution is 6.42. The minimum absolute atomic E-state index is 0.0937. The molecule has 11 heteroatoms. The van der Waals surface area contributed by atoms with Crippen molar-refractivity contribution in [1.29, 1.82) is 0 Å². The van der Waals surface area contributed by atoms with Gasteiger partial charge in [0, 0.05) is 56.1 Å². The first-order valence-electron chi connectivity index (χ1n) is 14.0. The first-order chi connectivity index (χ1) is 19.3. The smallest absolute Gasteiger partial charge is 0.239 e. The summed E-state index contributed by atoms with van der Waals surface area (Å²) in [6.07, 6.45) is -0.748. The molecule has 1 aliphatic carbocycles. The first kappa shape index (κ1) is 32.0. The van der Waals surface area contributed by atoms with Gasteiger partial charge in [-0.05, 0) is 68.1 Å². The molecule has 2 aliphatic rings. The quantitative estimate of drug-likeness (QED) is 0.336. The Kier molecular flexibility index (Phi) is 10.6. The van der Waals surface area contributed by atoms with Crippen LogP contribution in [-0.4, -0.2) is 81.8 Å². The van der Waals surface area contributed by atoms with E-state index in [4.69, 9.17) is 34.8 Å². The minimum atomic E-state index is -0.803. The van der Waals surface area contributed by atoms with Crippen LogP contribution in [0, 0.1) is 0 Å². The van der Waals surface area contributed by atoms with Crippen LogP contribution in [0.3, 0.4) is 0 Å². The van der Waals surface area contributed by atoms with Crippen LogP contribution in [0.25, 0.3) is 0 Å². The third-order valence-corrected chi connectivity index (χ3v) is 8.46. The molecule has 4 rings (SSSR count). The number of fused-ring (bicyclic) bond motifs is 1. The molecule has 4 N–H and O–H groups in total. The zero-order valence-corrected chi connectivity index (χ0v) is 25.9. The molecule has 224 valence electrons. The standard InChI is InChI=1S/C30H39Cl3N4O4/c1-30(2,3)35-29(41)25-17-36(15-18-4-8-23(32)24(33)12-18)10-11-37(25)16-21(38)7-9-27(40)34-28-22-14-20(31)6-5-19(22)13-26(28)39/h4-6,8,12,14,21,25-26,28,38-39H,7,9-11,13,15-17H2,1-3H3,(H,34,40)(H,35,41)/t21-,25-,26+,28-/m0/s1. The Morgan fingerprint density at radius 1 is 1.07 bits per heavy atom. The topological polar surface area (TPSA) is 105 Å². The molecule has 1 aliphatic heterocycles. The summed E-state index contributed by atoms with van der Waals surface area (Å²) in [5, 5.41) is 28.9. The van der Waals surface area contributed by atoms with E-state index in [1.165, 1.54) is 0 Å². The highest BCUT2D eigenvalue weighted by Gasteiger charge is 2.35. The zero-order valence-electron chi connectivity index (χ0n) is 23.7. The lowest BCUT2D eigenvalue weighted by Gasteiger charge is -2.42. The van der Waals surface area contributed by atoms with E-state index in [0.717, 1.165) is 16.7 Å². The number of β-amino-alcohol motifs (C(OH)–C–C–N with tert-alkyl or cyclic N) is 1. The lowest BCUT2D eigenvalue weighted by atomic mass is 10.0. The third kappa shape index (κ3) is 8.80. The second kappa shape index (κ2) is 13.6. The third-order valence-electron chi connectivity index (χ3n) is 7.49. The Labute approximate surface area is 256 Å². The number of halogens is 3. The van der Waals surface area contributed by atoms with Crippen molar-refractivity contribution in [3.63, 3.8) is 0 Å². The number of nitrogens with one attached hydrogen (secondary N) is 2. The van der Waals surface area contributed by atoms with Crippen molar-refractivity contribution < 1.29 is 19.8 Å². The SMILES string of the molecule is CC(C)(C)NC(=O)[C@@H]1CN(Cc2ccc(Cl)c(Cl)c2)CCN1C[C@@H](O)CCC(=O)N[C@H]1c2cc(Cl)ccc2C[C@H]1O. The number of aliphatic hydroxyl groups is 2. The molecule has 8 nitrogen and oxygen atoms in total. The molecule has 2 aromatic carbocycles. The van der Waals surface area contributed by atoms with E-state index in [0.29, 0.717) is 47.7 Å². The molecule has 0 spiro atoms. The van der Waals surface area contributed by atoms with Crippen molar-refractivity contribution >= 4 is 46.6 Å². The van der Waals surface area contributed by atoms with E-state index < -0.39 is 29.8 Å². The van der Waals surface area contributed by atoms with Crippen molar-refractivity contribution in [3.05, 3.63) is 68.2 Å². The van der Waals surface area contributed by atoms with E-state index in [2.05, 4.69) is 15.5 Å². The van der Waals surface area contributed by atoms with Crippen molar-refractivity contribution in [2.45, 2.75) is 76.4 Å². The van der Waals surface area contributed by atoms with E-state index >= 15 is 0 Å². The number of benzene rings is 2. The first-order valence-corrected chi connectivity index (χ1v) is 15.1. The lowest BCUT2D eigenvalue weighted by Crippen LogP contribution is -2.61. The molecule has 0 aromatic heterocycles. The number of hydrogen-bond donors (Lipinski definition) is 4. The van der Waals surface area contributed by atoms with Gasteiger partial charge >= 0.3 is 0 Å². The molecular weight excluding hydrogens is 587 g/mol. The summed E-state index contributed by atoms with van der Waals surface area (Å²) in [4.78, 5) is 30.3. The molecule has 0 radical (unpaired) electrons. The largest absolute Gasteiger partial charge is 0.392 e. The molecular formula is C30H39Cl3N4O4. The normalized spacial score (nSPS) is 22.3. The summed E-state index contributed by atoms with van der Waals surface area (Å²) < 4.78 is 0. The van der Waals surface area contributed by atoms with Gasteiger partial charge in [-0.2, -0.15) is 0 Å². The van der Waals surface area contributed by atoms with Gasteiger partial charge in [0.15, 0.2) is 0 Å². The molecule has 41 heavy (non-hydrogen) atoms. The number of piperazine rings is 1. The number of rotatable bonds is 9. The maximum absolute atomic E-state index is 13.3. The van der Waals surface area contributed by atoms with Gasteiger partial charge < -0.3 is 20.8 Å². The van der Waals surface area contributed by atoms with Crippen LogP contribution in [0.5, 0.6) is 0 Å². The molecule has 0 unspecified atom stereocenters. The van der Waals surface area contributed by atoms with Crippen LogP contribution in [-0.2, 0) is 22.6 Å². The molecule has 1 fully saturated rings. The van der Waals surface area contributed by atoms with Crippen LogP contribution < -0.4 is 10.6 Å². The Bertz CT molecular complexity index is 1250. The number of hydrogen-bond acceptors (Lipinski definition) is 6. The average Bonchev–Trinajstić information content (AvgIpc) is 3.18. The van der Waals surface area contributed by atoms with E-state index in [9.17, 15) is 19.8 Å². The number of nitrogens with zero attached hydrogens (tertiary/aromatic N) is 2. The van der Waals surface area contributed by atoms with Gasteiger partial charge in [-0.25, -0.2) is 0 Å². The molecule has 1 saturated heterocycles. The summed E-state index contributed by atoms with van der Waals surface area (Å²) >= 11 is 18.4. The van der Waals surface area contributed by atoms with Crippen LogP contribution in [0.1, 0.15) is 56.3 Å². The second-order valence-corrected chi connectivity index (χ2v) is 13.3. The fourth-order valence-corrected chi connectivity index (χ4v) is 6.01. The van der Waals surface area contributed by atoms with Gasteiger partial charge in [-0.1, -0.05) is 46.9 Å². The number of carbonyl (C=O) groups is 2. The Morgan fingerprint density at radius 2 is 1.83 bits per heavy atom. The van der Waals surface area contributed by atoms with E-state index in [1.807, 2.05) is 43.9 Å². The average molecular weight is 626 g/mol. The number of aliphatic hydroxyl groups excluding tert-OH is 2. The Balaban J connectivity index is 1.34. The number of amides is 2. The van der Waals surface area contributed by atoms with Crippen LogP contribution in [0.2, 0.25) is 15.1 Å². The second-order valence-electron chi connectivity index (χ2n) is 12.1. The van der Waals surface area contributed by atoms with Gasteiger partial charge in [0.1, 0.15) is 6.04 Å². The fourth-order valence-electron chi connectivity index (χ4n) is 5.51. The van der Waals surface area contributed by atoms with E-state index in [-0.39, 0.29) is 31.2 Å². The summed E-state index contributed by atoms with van der Waals surface area (Å²) in [7, 11) is 0. The molecule has 1 heterocycles. The van der Waals surface area contributed by atoms with E-state index in [1.54, 1.807) is 18.2 Å².